The Morgan fingerprint density at radius 1 is 1.33 bits per heavy atom. The Bertz CT molecular complexity index is 408. The van der Waals surface area contributed by atoms with Gasteiger partial charge in [-0.15, -0.1) is 0 Å². The highest BCUT2D eigenvalue weighted by atomic mass is 16.5. The minimum Gasteiger partial charge on any atom is -0.461 e. The number of ether oxygens (including phenoxy) is 2. The molecule has 2 rings (SSSR count). The Morgan fingerprint density at radius 2 is 2.27 bits per heavy atom. The Kier molecular flexibility index (Phi) is 2.89. The van der Waals surface area contributed by atoms with Crippen LogP contribution in [0.4, 0.5) is 0 Å². The van der Waals surface area contributed by atoms with Gasteiger partial charge in [0.05, 0.1) is 12.5 Å². The third-order valence-electron chi connectivity index (χ3n) is 2.22. The van der Waals surface area contributed by atoms with Crippen LogP contribution in [-0.4, -0.2) is 0 Å². The van der Waals surface area contributed by atoms with E-state index in [1.54, 1.807) is 6.26 Å². The van der Waals surface area contributed by atoms with Crippen molar-refractivity contribution in [2.75, 3.05) is 0 Å². The highest BCUT2D eigenvalue weighted by Crippen LogP contribution is 2.25. The molecule has 76 valence electrons. The molecule has 2 aliphatic rings. The molecule has 0 aromatic rings. The van der Waals surface area contributed by atoms with Gasteiger partial charge in [-0.2, -0.15) is 5.26 Å². The van der Waals surface area contributed by atoms with Crippen molar-refractivity contribution in [3.05, 3.63) is 47.8 Å². The standard InChI is InChI=1S/C12H11NO2/c13-7-6-11-8-15-12(9-14-11)10-4-2-1-3-5-10/h1-2,4,8-9H,3,5-6H2. The molecular formula is C12H11NO2. The van der Waals surface area contributed by atoms with E-state index in [-0.39, 0.29) is 6.42 Å². The van der Waals surface area contributed by atoms with Gasteiger partial charge in [0.2, 0.25) is 0 Å². The van der Waals surface area contributed by atoms with Crippen LogP contribution in [0.3, 0.4) is 0 Å². The van der Waals surface area contributed by atoms with Crippen molar-refractivity contribution in [2.45, 2.75) is 19.3 Å². The van der Waals surface area contributed by atoms with E-state index in [1.165, 1.54) is 6.26 Å². The summed E-state index contributed by atoms with van der Waals surface area (Å²) in [5, 5.41) is 8.47. The lowest BCUT2D eigenvalue weighted by atomic mass is 10.0. The molecule has 0 saturated carbocycles. The quantitative estimate of drug-likeness (QED) is 0.689. The highest BCUT2D eigenvalue weighted by molar-refractivity contribution is 5.33. The van der Waals surface area contributed by atoms with E-state index in [1.807, 2.05) is 18.2 Å². The molecule has 0 bridgehead atoms. The monoisotopic (exact) mass is 201 g/mol. The number of allylic oxidation sites excluding steroid dienone is 5. The Balaban J connectivity index is 2.01. The molecular weight excluding hydrogens is 190 g/mol. The lowest BCUT2D eigenvalue weighted by Crippen LogP contribution is -2.01. The first-order valence-corrected chi connectivity index (χ1v) is 4.85. The molecule has 1 aliphatic heterocycles. The zero-order chi connectivity index (χ0) is 10.5. The summed E-state index contributed by atoms with van der Waals surface area (Å²) in [6.07, 6.45) is 11.4. The summed E-state index contributed by atoms with van der Waals surface area (Å²) in [5.41, 5.74) is 1.13. The lowest BCUT2D eigenvalue weighted by molar-refractivity contribution is 0.230. The topological polar surface area (TPSA) is 42.2 Å². The fourth-order valence-corrected chi connectivity index (χ4v) is 1.43. The molecule has 0 aromatic carbocycles. The first kappa shape index (κ1) is 9.60. The Morgan fingerprint density at radius 3 is 2.87 bits per heavy atom. The van der Waals surface area contributed by atoms with E-state index in [0.29, 0.717) is 5.76 Å². The van der Waals surface area contributed by atoms with Crippen LogP contribution in [0.2, 0.25) is 0 Å². The average Bonchev–Trinajstić information content (AvgIpc) is 2.32. The summed E-state index contributed by atoms with van der Waals surface area (Å²) in [6.45, 7) is 0. The van der Waals surface area contributed by atoms with Crippen LogP contribution in [0.1, 0.15) is 19.3 Å². The van der Waals surface area contributed by atoms with Crippen molar-refractivity contribution in [3.8, 4) is 6.07 Å². The van der Waals surface area contributed by atoms with Crippen LogP contribution < -0.4 is 0 Å². The minimum atomic E-state index is 0.239. The van der Waals surface area contributed by atoms with E-state index in [9.17, 15) is 0 Å². The average molecular weight is 201 g/mol. The summed E-state index contributed by atoms with van der Waals surface area (Å²) in [7, 11) is 0. The molecule has 3 nitrogen and oxygen atoms in total. The SMILES string of the molecule is N#CCC1=COC(C2=CC=CCC2)=CO1. The van der Waals surface area contributed by atoms with Gasteiger partial charge in [-0.3, -0.25) is 0 Å². The van der Waals surface area contributed by atoms with Crippen molar-refractivity contribution in [1.29, 1.82) is 5.26 Å². The first-order valence-electron chi connectivity index (χ1n) is 4.85. The molecule has 0 amide bonds. The minimum absolute atomic E-state index is 0.239. The number of nitriles is 1. The van der Waals surface area contributed by atoms with Crippen molar-refractivity contribution in [3.63, 3.8) is 0 Å². The van der Waals surface area contributed by atoms with Crippen molar-refractivity contribution in [1.82, 2.24) is 0 Å². The van der Waals surface area contributed by atoms with Gasteiger partial charge >= 0.3 is 0 Å². The Labute approximate surface area is 88.6 Å². The number of nitrogens with zero attached hydrogens (tertiary/aromatic N) is 1. The van der Waals surface area contributed by atoms with E-state index < -0.39 is 0 Å². The maximum absolute atomic E-state index is 8.47. The Hall–Kier alpha value is -1.95. The van der Waals surface area contributed by atoms with Gasteiger partial charge in [0.25, 0.3) is 0 Å². The first-order chi connectivity index (χ1) is 7.40. The molecule has 15 heavy (non-hydrogen) atoms. The van der Waals surface area contributed by atoms with E-state index in [2.05, 4.69) is 6.08 Å². The molecule has 0 aromatic heterocycles. The molecule has 1 heterocycles. The van der Waals surface area contributed by atoms with Crippen molar-refractivity contribution < 1.29 is 9.47 Å². The van der Waals surface area contributed by atoms with Crippen LogP contribution in [-0.2, 0) is 9.47 Å². The van der Waals surface area contributed by atoms with Gasteiger partial charge in [0.15, 0.2) is 11.5 Å². The van der Waals surface area contributed by atoms with Crippen molar-refractivity contribution >= 4 is 0 Å². The van der Waals surface area contributed by atoms with Gasteiger partial charge < -0.3 is 9.47 Å². The molecule has 0 fully saturated rings. The number of hydrogen-bond donors (Lipinski definition) is 0. The van der Waals surface area contributed by atoms with Crippen LogP contribution in [0.25, 0.3) is 0 Å². The summed E-state index contributed by atoms with van der Waals surface area (Å²) in [5.74, 6) is 1.29. The molecule has 1 aliphatic carbocycles. The van der Waals surface area contributed by atoms with Gasteiger partial charge in [-0.1, -0.05) is 18.2 Å². The molecule has 0 spiro atoms. The largest absolute Gasteiger partial charge is 0.461 e. The zero-order valence-electron chi connectivity index (χ0n) is 8.27. The second-order valence-electron chi connectivity index (χ2n) is 3.30. The van der Waals surface area contributed by atoms with Crippen molar-refractivity contribution in [2.24, 2.45) is 0 Å². The van der Waals surface area contributed by atoms with E-state index in [0.717, 1.165) is 24.2 Å². The van der Waals surface area contributed by atoms with E-state index in [4.69, 9.17) is 14.7 Å². The fourth-order valence-electron chi connectivity index (χ4n) is 1.43. The zero-order valence-corrected chi connectivity index (χ0v) is 8.27. The van der Waals surface area contributed by atoms with Gasteiger partial charge in [-0.05, 0) is 18.4 Å². The molecule has 0 saturated heterocycles. The summed E-state index contributed by atoms with van der Waals surface area (Å²) < 4.78 is 10.7. The summed E-state index contributed by atoms with van der Waals surface area (Å²) >= 11 is 0. The van der Waals surface area contributed by atoms with Gasteiger partial charge in [-0.25, -0.2) is 0 Å². The molecule has 0 radical (unpaired) electrons. The van der Waals surface area contributed by atoms with Gasteiger partial charge in [0, 0.05) is 0 Å². The second-order valence-corrected chi connectivity index (χ2v) is 3.30. The summed E-state index contributed by atoms with van der Waals surface area (Å²) in [6, 6.07) is 2.00. The predicted octanol–water partition coefficient (Wildman–Crippen LogP) is 2.91. The number of rotatable bonds is 2. The normalized spacial score (nSPS) is 19.0. The maximum Gasteiger partial charge on any atom is 0.164 e. The second kappa shape index (κ2) is 4.52. The van der Waals surface area contributed by atoms with Crippen LogP contribution in [0.15, 0.2) is 47.8 Å². The van der Waals surface area contributed by atoms with Crippen LogP contribution >= 0.6 is 0 Å². The molecule has 3 heteroatoms. The smallest absolute Gasteiger partial charge is 0.164 e. The third-order valence-corrected chi connectivity index (χ3v) is 2.22. The lowest BCUT2D eigenvalue weighted by Gasteiger charge is -2.16. The highest BCUT2D eigenvalue weighted by Gasteiger charge is 2.12. The van der Waals surface area contributed by atoms with E-state index >= 15 is 0 Å². The molecule has 0 atom stereocenters. The maximum atomic E-state index is 8.47. The molecule has 0 unspecified atom stereocenters. The van der Waals surface area contributed by atoms with Crippen LogP contribution in [0.5, 0.6) is 0 Å². The van der Waals surface area contributed by atoms with Gasteiger partial charge in [0.1, 0.15) is 12.5 Å². The number of hydrogen-bond acceptors (Lipinski definition) is 3. The summed E-state index contributed by atoms with van der Waals surface area (Å²) in [4.78, 5) is 0. The third kappa shape index (κ3) is 2.29. The fraction of sp³-hybridized carbons (Fsp3) is 0.250. The predicted molar refractivity (Wildman–Crippen MR) is 55.0 cm³/mol. The molecule has 0 N–H and O–H groups in total. The van der Waals surface area contributed by atoms with Crippen LogP contribution in [0, 0.1) is 11.3 Å².